The van der Waals surface area contributed by atoms with Crippen molar-refractivity contribution in [1.29, 1.82) is 0 Å². The highest BCUT2D eigenvalue weighted by Gasteiger charge is 2.17. The van der Waals surface area contributed by atoms with Crippen LogP contribution in [0.25, 0.3) is 27.6 Å². The lowest BCUT2D eigenvalue weighted by atomic mass is 10.1. The smallest absolute Gasteiger partial charge is 0.347 e. The van der Waals surface area contributed by atoms with E-state index in [-0.39, 0.29) is 0 Å². The fraction of sp³-hybridized carbons (Fsp3) is 0.0588. The van der Waals surface area contributed by atoms with E-state index in [1.165, 1.54) is 0 Å². The highest BCUT2D eigenvalue weighted by atomic mass is 35.5. The molecular weight excluding hydrogens is 300 g/mol. The Morgan fingerprint density at radius 2 is 1.91 bits per heavy atom. The summed E-state index contributed by atoms with van der Waals surface area (Å²) < 4.78 is 7.17. The fourth-order valence-corrected chi connectivity index (χ4v) is 2.87. The van der Waals surface area contributed by atoms with Gasteiger partial charge in [0.05, 0.1) is 16.9 Å². The Balaban J connectivity index is 2.24. The maximum absolute atomic E-state index is 12.3. The Labute approximate surface area is 130 Å². The van der Waals surface area contributed by atoms with E-state index in [9.17, 15) is 4.79 Å². The second kappa shape index (κ2) is 4.71. The molecule has 4 aromatic rings. The van der Waals surface area contributed by atoms with Crippen molar-refractivity contribution in [3.05, 3.63) is 69.7 Å². The molecule has 0 N–H and O–H groups in total. The molecule has 0 amide bonds. The summed E-state index contributed by atoms with van der Waals surface area (Å²) in [5.74, 6) is 0. The Hall–Kier alpha value is -2.59. The lowest BCUT2D eigenvalue weighted by molar-refractivity contribution is 0.569. The number of rotatable bonds is 1. The summed E-state index contributed by atoms with van der Waals surface area (Å²) in [7, 11) is 0. The van der Waals surface area contributed by atoms with Crippen molar-refractivity contribution in [1.82, 2.24) is 9.78 Å². The van der Waals surface area contributed by atoms with Gasteiger partial charge in [-0.05, 0) is 31.2 Å². The van der Waals surface area contributed by atoms with Crippen molar-refractivity contribution in [2.75, 3.05) is 0 Å². The highest BCUT2D eigenvalue weighted by Crippen LogP contribution is 2.28. The van der Waals surface area contributed by atoms with Gasteiger partial charge in [0.15, 0.2) is 0 Å². The van der Waals surface area contributed by atoms with Crippen LogP contribution in [-0.2, 0) is 0 Å². The molecule has 4 nitrogen and oxygen atoms in total. The molecule has 0 saturated carbocycles. The number of fused-ring (bicyclic) bond motifs is 3. The maximum Gasteiger partial charge on any atom is 0.347 e. The molecular formula is C17H11ClN2O2. The summed E-state index contributed by atoms with van der Waals surface area (Å²) in [6, 6.07) is 15.0. The van der Waals surface area contributed by atoms with Crippen LogP contribution in [0.2, 0.25) is 5.02 Å². The largest absolute Gasteiger partial charge is 0.422 e. The van der Waals surface area contributed by atoms with Crippen LogP contribution in [0.3, 0.4) is 0 Å². The zero-order valence-electron chi connectivity index (χ0n) is 11.7. The van der Waals surface area contributed by atoms with Crippen molar-refractivity contribution < 1.29 is 4.42 Å². The van der Waals surface area contributed by atoms with Crippen LogP contribution in [0.4, 0.5) is 0 Å². The molecule has 0 saturated heterocycles. The predicted octanol–water partition coefficient (Wildman–Crippen LogP) is 4.09. The van der Waals surface area contributed by atoms with Crippen LogP contribution in [-0.4, -0.2) is 9.78 Å². The molecule has 0 bridgehead atoms. The van der Waals surface area contributed by atoms with E-state index in [1.54, 1.807) is 23.7 Å². The Morgan fingerprint density at radius 1 is 1.14 bits per heavy atom. The summed E-state index contributed by atoms with van der Waals surface area (Å²) in [5, 5.41) is 6.35. The van der Waals surface area contributed by atoms with Crippen LogP contribution >= 0.6 is 11.6 Å². The minimum absolute atomic E-state index is 0.399. The first-order valence-electron chi connectivity index (χ1n) is 6.82. The number of nitrogens with zero attached hydrogens (tertiary/aromatic N) is 2. The summed E-state index contributed by atoms with van der Waals surface area (Å²) >= 11 is 6.00. The van der Waals surface area contributed by atoms with Crippen LogP contribution in [0, 0.1) is 6.92 Å². The Morgan fingerprint density at radius 3 is 2.68 bits per heavy atom. The summed E-state index contributed by atoms with van der Waals surface area (Å²) in [6.45, 7) is 1.81. The molecule has 5 heteroatoms. The van der Waals surface area contributed by atoms with Gasteiger partial charge in [0.2, 0.25) is 0 Å². The van der Waals surface area contributed by atoms with Gasteiger partial charge in [0, 0.05) is 16.5 Å². The van der Waals surface area contributed by atoms with Gasteiger partial charge in [-0.25, -0.2) is 9.48 Å². The Bertz CT molecular complexity index is 1060. The molecule has 0 fully saturated rings. The summed E-state index contributed by atoms with van der Waals surface area (Å²) in [6.07, 6.45) is 0. The highest BCUT2D eigenvalue weighted by molar-refractivity contribution is 6.31. The van der Waals surface area contributed by atoms with Crippen LogP contribution in [0.5, 0.6) is 0 Å². The van der Waals surface area contributed by atoms with E-state index in [2.05, 4.69) is 5.10 Å². The van der Waals surface area contributed by atoms with Crippen molar-refractivity contribution in [2.24, 2.45) is 0 Å². The van der Waals surface area contributed by atoms with Crippen LogP contribution < -0.4 is 5.63 Å². The Kier molecular flexibility index (Phi) is 2.81. The van der Waals surface area contributed by atoms with Crippen molar-refractivity contribution in [3.8, 4) is 5.69 Å². The average molecular weight is 311 g/mol. The number of halogens is 1. The number of hydrogen-bond acceptors (Lipinski definition) is 3. The second-order valence-corrected chi connectivity index (χ2v) is 5.52. The summed E-state index contributed by atoms with van der Waals surface area (Å²) in [4.78, 5) is 12.3. The molecule has 2 aromatic heterocycles. The molecule has 0 aliphatic rings. The van der Waals surface area contributed by atoms with Gasteiger partial charge >= 0.3 is 5.63 Å². The number of para-hydroxylation sites is 1. The third-order valence-electron chi connectivity index (χ3n) is 3.67. The molecule has 108 valence electrons. The average Bonchev–Trinajstić information content (AvgIpc) is 2.86. The molecule has 0 aliphatic carbocycles. The zero-order chi connectivity index (χ0) is 15.3. The standard InChI is InChI=1S/C17H11ClN2O2/c1-10-15-16(20(19-10)12-5-3-2-4-6-12)13-8-7-11(18)9-14(13)22-17(15)21/h2-9H,1H3. The SMILES string of the molecule is Cc1nn(-c2ccccc2)c2c1c(=O)oc1cc(Cl)ccc12. The molecule has 2 heterocycles. The van der Waals surface area contributed by atoms with Gasteiger partial charge < -0.3 is 4.42 Å². The zero-order valence-corrected chi connectivity index (χ0v) is 12.5. The lowest BCUT2D eigenvalue weighted by Gasteiger charge is -2.05. The minimum Gasteiger partial charge on any atom is -0.422 e. The number of aryl methyl sites for hydroxylation is 1. The number of hydrogen-bond donors (Lipinski definition) is 0. The molecule has 0 radical (unpaired) electrons. The van der Waals surface area contributed by atoms with E-state index in [1.807, 2.05) is 36.4 Å². The lowest BCUT2D eigenvalue weighted by Crippen LogP contribution is -2.01. The monoisotopic (exact) mass is 310 g/mol. The first-order chi connectivity index (χ1) is 10.6. The number of benzene rings is 2. The first kappa shape index (κ1) is 13.1. The van der Waals surface area contributed by atoms with Crippen molar-refractivity contribution >= 4 is 33.5 Å². The van der Waals surface area contributed by atoms with Gasteiger partial charge in [0.1, 0.15) is 11.0 Å². The van der Waals surface area contributed by atoms with Crippen LogP contribution in [0.1, 0.15) is 5.69 Å². The molecule has 0 atom stereocenters. The van der Waals surface area contributed by atoms with E-state index < -0.39 is 5.63 Å². The molecule has 0 aliphatic heterocycles. The van der Waals surface area contributed by atoms with E-state index in [4.69, 9.17) is 16.0 Å². The fourth-order valence-electron chi connectivity index (χ4n) is 2.70. The van der Waals surface area contributed by atoms with Crippen molar-refractivity contribution in [3.63, 3.8) is 0 Å². The molecule has 4 rings (SSSR count). The van der Waals surface area contributed by atoms with Gasteiger partial charge in [0.25, 0.3) is 0 Å². The third kappa shape index (κ3) is 1.84. The number of aromatic nitrogens is 2. The quantitative estimate of drug-likeness (QED) is 0.497. The first-order valence-corrected chi connectivity index (χ1v) is 7.20. The van der Waals surface area contributed by atoms with Gasteiger partial charge in [-0.3, -0.25) is 0 Å². The van der Waals surface area contributed by atoms with Crippen molar-refractivity contribution in [2.45, 2.75) is 6.92 Å². The second-order valence-electron chi connectivity index (χ2n) is 5.09. The van der Waals surface area contributed by atoms with E-state index in [0.29, 0.717) is 21.7 Å². The van der Waals surface area contributed by atoms with Gasteiger partial charge in [-0.2, -0.15) is 5.10 Å². The molecule has 2 aromatic carbocycles. The molecule has 0 unspecified atom stereocenters. The maximum atomic E-state index is 12.3. The van der Waals surface area contributed by atoms with E-state index in [0.717, 1.165) is 16.6 Å². The van der Waals surface area contributed by atoms with E-state index >= 15 is 0 Å². The minimum atomic E-state index is -0.399. The van der Waals surface area contributed by atoms with Crippen LogP contribution in [0.15, 0.2) is 57.7 Å². The normalized spacial score (nSPS) is 11.4. The van der Waals surface area contributed by atoms with Gasteiger partial charge in [-0.15, -0.1) is 0 Å². The summed E-state index contributed by atoms with van der Waals surface area (Å²) in [5.41, 5.74) is 2.34. The third-order valence-corrected chi connectivity index (χ3v) is 3.90. The van der Waals surface area contributed by atoms with Gasteiger partial charge in [-0.1, -0.05) is 29.8 Å². The topological polar surface area (TPSA) is 48.0 Å². The molecule has 22 heavy (non-hydrogen) atoms. The molecule has 0 spiro atoms. The predicted molar refractivity (Wildman–Crippen MR) is 86.9 cm³/mol.